The van der Waals surface area contributed by atoms with Gasteiger partial charge in [-0.3, -0.25) is 4.79 Å². The number of amides is 1. The Morgan fingerprint density at radius 1 is 1.17 bits per heavy atom. The third-order valence-corrected chi connectivity index (χ3v) is 5.46. The highest BCUT2D eigenvalue weighted by Crippen LogP contribution is 2.28. The maximum atomic E-state index is 14.5. The Balaban J connectivity index is 1.79. The Bertz CT molecular complexity index is 825. The SMILES string of the molecule is CCN(C(=O)c1cc(Oc2ccc(CCN)cc2)ccc1F)[C@@H]1CCCC[C@H]1O. The molecular weight excluding hydrogens is 371 g/mol. The van der Waals surface area contributed by atoms with Gasteiger partial charge in [0.2, 0.25) is 0 Å². The summed E-state index contributed by atoms with van der Waals surface area (Å²) in [6.45, 7) is 2.83. The summed E-state index contributed by atoms with van der Waals surface area (Å²) in [5.41, 5.74) is 6.63. The van der Waals surface area contributed by atoms with Crippen LogP contribution in [0.3, 0.4) is 0 Å². The summed E-state index contributed by atoms with van der Waals surface area (Å²) in [6, 6.07) is 11.4. The van der Waals surface area contributed by atoms with E-state index in [0.717, 1.165) is 31.2 Å². The Morgan fingerprint density at radius 3 is 2.52 bits per heavy atom. The number of benzene rings is 2. The number of carbonyl (C=O) groups excluding carboxylic acids is 1. The second kappa shape index (κ2) is 9.85. The number of rotatable bonds is 7. The quantitative estimate of drug-likeness (QED) is 0.739. The predicted molar refractivity (Wildman–Crippen MR) is 111 cm³/mol. The van der Waals surface area contributed by atoms with Gasteiger partial charge in [-0.25, -0.2) is 4.39 Å². The monoisotopic (exact) mass is 400 g/mol. The maximum Gasteiger partial charge on any atom is 0.257 e. The van der Waals surface area contributed by atoms with E-state index in [4.69, 9.17) is 10.5 Å². The largest absolute Gasteiger partial charge is 0.457 e. The number of hydrogen-bond donors (Lipinski definition) is 2. The van der Waals surface area contributed by atoms with Crippen molar-refractivity contribution in [1.29, 1.82) is 0 Å². The minimum Gasteiger partial charge on any atom is -0.457 e. The molecule has 2 atom stereocenters. The summed E-state index contributed by atoms with van der Waals surface area (Å²) in [5.74, 6) is -0.0171. The summed E-state index contributed by atoms with van der Waals surface area (Å²) in [5, 5.41) is 10.3. The molecule has 1 aliphatic rings. The van der Waals surface area contributed by atoms with Gasteiger partial charge in [-0.15, -0.1) is 0 Å². The number of carbonyl (C=O) groups is 1. The number of aliphatic hydroxyl groups excluding tert-OH is 1. The molecule has 6 heteroatoms. The van der Waals surface area contributed by atoms with E-state index in [-0.39, 0.29) is 11.6 Å². The van der Waals surface area contributed by atoms with Crippen molar-refractivity contribution in [2.24, 2.45) is 5.73 Å². The van der Waals surface area contributed by atoms with Crippen molar-refractivity contribution in [2.45, 2.75) is 51.2 Å². The third-order valence-electron chi connectivity index (χ3n) is 5.46. The smallest absolute Gasteiger partial charge is 0.257 e. The van der Waals surface area contributed by atoms with Crippen LogP contribution >= 0.6 is 0 Å². The molecule has 0 radical (unpaired) electrons. The van der Waals surface area contributed by atoms with Crippen LogP contribution in [0, 0.1) is 5.82 Å². The minimum absolute atomic E-state index is 0.0399. The molecule has 0 aliphatic heterocycles. The van der Waals surface area contributed by atoms with E-state index in [0.29, 0.717) is 31.0 Å². The molecule has 29 heavy (non-hydrogen) atoms. The van der Waals surface area contributed by atoms with E-state index in [1.165, 1.54) is 18.2 Å². The highest BCUT2D eigenvalue weighted by molar-refractivity contribution is 5.95. The summed E-state index contributed by atoms with van der Waals surface area (Å²) >= 11 is 0. The summed E-state index contributed by atoms with van der Waals surface area (Å²) in [6.07, 6.45) is 3.52. The van der Waals surface area contributed by atoms with Gasteiger partial charge in [-0.05, 0) is 68.6 Å². The molecule has 1 fully saturated rings. The third kappa shape index (κ3) is 5.14. The van der Waals surface area contributed by atoms with Gasteiger partial charge in [0.25, 0.3) is 5.91 Å². The first-order valence-corrected chi connectivity index (χ1v) is 10.3. The van der Waals surface area contributed by atoms with E-state index < -0.39 is 17.8 Å². The summed E-state index contributed by atoms with van der Waals surface area (Å²) < 4.78 is 20.3. The maximum absolute atomic E-state index is 14.5. The lowest BCUT2D eigenvalue weighted by Gasteiger charge is -2.37. The molecule has 156 valence electrons. The molecule has 2 aromatic rings. The molecule has 0 aromatic heterocycles. The highest BCUT2D eigenvalue weighted by Gasteiger charge is 2.32. The molecule has 0 heterocycles. The van der Waals surface area contributed by atoms with Crippen molar-refractivity contribution >= 4 is 5.91 Å². The number of ether oxygens (including phenoxy) is 1. The van der Waals surface area contributed by atoms with Crippen LogP contribution in [-0.4, -0.2) is 41.1 Å². The summed E-state index contributed by atoms with van der Waals surface area (Å²) in [7, 11) is 0. The zero-order valence-electron chi connectivity index (χ0n) is 16.8. The van der Waals surface area contributed by atoms with Gasteiger partial charge < -0.3 is 20.5 Å². The Labute approximate surface area is 171 Å². The fourth-order valence-corrected chi connectivity index (χ4v) is 3.90. The number of nitrogens with two attached hydrogens (primary N) is 1. The van der Waals surface area contributed by atoms with Gasteiger partial charge in [-0.2, -0.15) is 0 Å². The molecule has 2 aromatic carbocycles. The molecule has 3 rings (SSSR count). The van der Waals surface area contributed by atoms with Crippen LogP contribution in [0.1, 0.15) is 48.5 Å². The Morgan fingerprint density at radius 2 is 1.86 bits per heavy atom. The van der Waals surface area contributed by atoms with E-state index in [1.54, 1.807) is 4.90 Å². The zero-order valence-corrected chi connectivity index (χ0v) is 16.8. The van der Waals surface area contributed by atoms with E-state index in [2.05, 4.69) is 0 Å². The fraction of sp³-hybridized carbons (Fsp3) is 0.435. The second-order valence-corrected chi connectivity index (χ2v) is 7.44. The number of halogens is 1. The normalized spacial score (nSPS) is 19.0. The lowest BCUT2D eigenvalue weighted by Crippen LogP contribution is -2.48. The van der Waals surface area contributed by atoms with Gasteiger partial charge in [0, 0.05) is 6.54 Å². The Hall–Kier alpha value is -2.44. The van der Waals surface area contributed by atoms with Crippen LogP contribution in [0.2, 0.25) is 0 Å². The van der Waals surface area contributed by atoms with Gasteiger partial charge in [0.15, 0.2) is 0 Å². The van der Waals surface area contributed by atoms with Crippen LogP contribution in [0.5, 0.6) is 11.5 Å². The van der Waals surface area contributed by atoms with Crippen molar-refractivity contribution in [3.63, 3.8) is 0 Å². The van der Waals surface area contributed by atoms with Crippen molar-refractivity contribution < 1.29 is 19.0 Å². The van der Waals surface area contributed by atoms with Crippen LogP contribution in [0.25, 0.3) is 0 Å². The van der Waals surface area contributed by atoms with Crippen LogP contribution in [0.15, 0.2) is 42.5 Å². The molecule has 0 spiro atoms. The van der Waals surface area contributed by atoms with Crippen LogP contribution < -0.4 is 10.5 Å². The van der Waals surface area contributed by atoms with Crippen molar-refractivity contribution in [3.8, 4) is 11.5 Å². The van der Waals surface area contributed by atoms with Gasteiger partial charge in [-0.1, -0.05) is 25.0 Å². The number of aliphatic hydroxyl groups is 1. The minimum atomic E-state index is -0.593. The average molecular weight is 400 g/mol. The first-order valence-electron chi connectivity index (χ1n) is 10.3. The molecule has 1 saturated carbocycles. The molecule has 5 nitrogen and oxygen atoms in total. The van der Waals surface area contributed by atoms with Crippen LogP contribution in [-0.2, 0) is 6.42 Å². The Kier molecular flexibility index (Phi) is 7.23. The molecule has 1 amide bonds. The highest BCUT2D eigenvalue weighted by atomic mass is 19.1. The molecular formula is C23H29FN2O3. The van der Waals surface area contributed by atoms with Crippen molar-refractivity contribution in [1.82, 2.24) is 4.90 Å². The first-order chi connectivity index (χ1) is 14.0. The van der Waals surface area contributed by atoms with Gasteiger partial charge in [0.05, 0.1) is 17.7 Å². The molecule has 3 N–H and O–H groups in total. The van der Waals surface area contributed by atoms with E-state index in [9.17, 15) is 14.3 Å². The van der Waals surface area contributed by atoms with Crippen molar-refractivity contribution in [2.75, 3.05) is 13.1 Å². The zero-order chi connectivity index (χ0) is 20.8. The topological polar surface area (TPSA) is 75.8 Å². The standard InChI is InChI=1S/C23H29FN2O3/c1-2-26(21-5-3-4-6-22(21)27)23(28)19-15-18(11-12-20(19)24)29-17-9-7-16(8-10-17)13-14-25/h7-12,15,21-22,27H,2-6,13-14,25H2,1H3/t21-,22-/m1/s1. The predicted octanol–water partition coefficient (Wildman–Crippen LogP) is 3.88. The van der Waals surface area contributed by atoms with E-state index in [1.807, 2.05) is 31.2 Å². The van der Waals surface area contributed by atoms with Crippen LogP contribution in [0.4, 0.5) is 4.39 Å². The lowest BCUT2D eigenvalue weighted by molar-refractivity contribution is 0.0193. The first kappa shape index (κ1) is 21.3. The summed E-state index contributed by atoms with van der Waals surface area (Å²) in [4.78, 5) is 14.6. The molecule has 0 unspecified atom stereocenters. The van der Waals surface area contributed by atoms with Crippen molar-refractivity contribution in [3.05, 3.63) is 59.4 Å². The number of hydrogen-bond acceptors (Lipinski definition) is 4. The van der Waals surface area contributed by atoms with Gasteiger partial charge >= 0.3 is 0 Å². The molecule has 0 bridgehead atoms. The molecule has 1 aliphatic carbocycles. The number of nitrogens with zero attached hydrogens (tertiary/aromatic N) is 1. The number of likely N-dealkylation sites (N-methyl/N-ethyl adjacent to an activating group) is 1. The average Bonchev–Trinajstić information content (AvgIpc) is 2.73. The van der Waals surface area contributed by atoms with E-state index >= 15 is 0 Å². The molecule has 0 saturated heterocycles. The lowest BCUT2D eigenvalue weighted by atomic mass is 9.91. The fourth-order valence-electron chi connectivity index (χ4n) is 3.90. The van der Waals surface area contributed by atoms with Gasteiger partial charge in [0.1, 0.15) is 17.3 Å². The second-order valence-electron chi connectivity index (χ2n) is 7.44.